The highest BCUT2D eigenvalue weighted by Gasteiger charge is 2.32. The molecule has 3 unspecified atom stereocenters. The van der Waals surface area contributed by atoms with Gasteiger partial charge in [-0.1, -0.05) is 23.7 Å². The minimum atomic E-state index is -0.515. The van der Waals surface area contributed by atoms with Crippen molar-refractivity contribution < 1.29 is 14.6 Å². The monoisotopic (exact) mass is 311 g/mol. The fourth-order valence-corrected chi connectivity index (χ4v) is 2.90. The Labute approximate surface area is 130 Å². The first kappa shape index (κ1) is 16.3. The first-order chi connectivity index (χ1) is 10.1. The number of hydrogen-bond acceptors (Lipinski definition) is 3. The van der Waals surface area contributed by atoms with E-state index in [-0.39, 0.29) is 17.9 Å². The maximum absolute atomic E-state index is 12.3. The summed E-state index contributed by atoms with van der Waals surface area (Å²) < 4.78 is 5.12. The molecule has 116 valence electrons. The zero-order valence-corrected chi connectivity index (χ0v) is 13.0. The molecule has 0 spiro atoms. The molecule has 1 aliphatic carbocycles. The highest BCUT2D eigenvalue weighted by atomic mass is 35.5. The molecule has 0 aromatic heterocycles. The predicted molar refractivity (Wildman–Crippen MR) is 82.2 cm³/mol. The zero-order chi connectivity index (χ0) is 15.2. The van der Waals surface area contributed by atoms with Crippen LogP contribution in [0, 0.1) is 5.92 Å². The number of halogens is 1. The van der Waals surface area contributed by atoms with E-state index in [1.54, 1.807) is 7.11 Å². The molecule has 5 heteroatoms. The molecule has 2 rings (SSSR count). The van der Waals surface area contributed by atoms with Crippen LogP contribution in [0.15, 0.2) is 24.3 Å². The fraction of sp³-hybridized carbons (Fsp3) is 0.562. The van der Waals surface area contributed by atoms with Crippen LogP contribution in [0.3, 0.4) is 0 Å². The van der Waals surface area contributed by atoms with Crippen molar-refractivity contribution in [3.63, 3.8) is 0 Å². The van der Waals surface area contributed by atoms with Gasteiger partial charge in [0.25, 0.3) is 0 Å². The number of rotatable bonds is 6. The van der Waals surface area contributed by atoms with Crippen LogP contribution in [-0.2, 0) is 9.53 Å². The molecule has 0 heterocycles. The maximum Gasteiger partial charge on any atom is 0.226 e. The van der Waals surface area contributed by atoms with Gasteiger partial charge in [0.05, 0.1) is 18.1 Å². The molecule has 1 amide bonds. The van der Waals surface area contributed by atoms with E-state index in [4.69, 9.17) is 16.3 Å². The van der Waals surface area contributed by atoms with Crippen molar-refractivity contribution in [2.24, 2.45) is 5.92 Å². The molecule has 2 N–H and O–H groups in total. The van der Waals surface area contributed by atoms with E-state index in [1.165, 1.54) is 0 Å². The molecular weight excluding hydrogens is 290 g/mol. The summed E-state index contributed by atoms with van der Waals surface area (Å²) in [6, 6.07) is 7.32. The highest BCUT2D eigenvalue weighted by Crippen LogP contribution is 2.27. The summed E-state index contributed by atoms with van der Waals surface area (Å²) in [4.78, 5) is 12.3. The van der Waals surface area contributed by atoms with Crippen LogP contribution in [0.5, 0.6) is 0 Å². The molecule has 0 radical (unpaired) electrons. The van der Waals surface area contributed by atoms with Gasteiger partial charge >= 0.3 is 0 Å². The molecule has 1 fully saturated rings. The zero-order valence-electron chi connectivity index (χ0n) is 12.2. The van der Waals surface area contributed by atoms with E-state index < -0.39 is 6.10 Å². The molecule has 0 bridgehead atoms. The van der Waals surface area contributed by atoms with Crippen molar-refractivity contribution in [1.29, 1.82) is 0 Å². The Hall–Kier alpha value is -1.10. The minimum absolute atomic E-state index is 0.0731. The van der Waals surface area contributed by atoms with Gasteiger partial charge in [-0.15, -0.1) is 0 Å². The average Bonchev–Trinajstić information content (AvgIpc) is 2.90. The summed E-state index contributed by atoms with van der Waals surface area (Å²) in [5.74, 6) is -0.363. The first-order valence-corrected chi connectivity index (χ1v) is 7.72. The van der Waals surface area contributed by atoms with Gasteiger partial charge in [0.2, 0.25) is 5.91 Å². The summed E-state index contributed by atoms with van der Waals surface area (Å²) >= 11 is 5.90. The van der Waals surface area contributed by atoms with E-state index in [0.717, 1.165) is 18.4 Å². The van der Waals surface area contributed by atoms with Crippen molar-refractivity contribution in [1.82, 2.24) is 5.32 Å². The molecule has 1 aromatic carbocycles. The second-order valence-corrected chi connectivity index (χ2v) is 5.94. The number of aliphatic hydroxyl groups is 1. The van der Waals surface area contributed by atoms with Gasteiger partial charge in [0.1, 0.15) is 0 Å². The van der Waals surface area contributed by atoms with Gasteiger partial charge in [0.15, 0.2) is 0 Å². The summed E-state index contributed by atoms with van der Waals surface area (Å²) in [6.45, 7) is 0.556. The topological polar surface area (TPSA) is 58.6 Å². The lowest BCUT2D eigenvalue weighted by Gasteiger charge is -2.22. The van der Waals surface area contributed by atoms with E-state index >= 15 is 0 Å². The van der Waals surface area contributed by atoms with Crippen LogP contribution >= 0.6 is 11.6 Å². The van der Waals surface area contributed by atoms with Gasteiger partial charge in [0, 0.05) is 18.7 Å². The third kappa shape index (κ3) is 4.43. The third-order valence-corrected chi connectivity index (χ3v) is 4.27. The molecule has 3 atom stereocenters. The molecule has 1 aromatic rings. The predicted octanol–water partition coefficient (Wildman–Crippen LogP) is 2.69. The van der Waals surface area contributed by atoms with Crippen LogP contribution in [0.4, 0.5) is 0 Å². The summed E-state index contributed by atoms with van der Waals surface area (Å²) in [5.41, 5.74) is 0.997. The minimum Gasteiger partial charge on any atom is -0.392 e. The van der Waals surface area contributed by atoms with E-state index in [0.29, 0.717) is 24.5 Å². The second-order valence-electron chi connectivity index (χ2n) is 5.50. The Morgan fingerprint density at radius 2 is 2.14 bits per heavy atom. The largest absolute Gasteiger partial charge is 0.392 e. The van der Waals surface area contributed by atoms with Crippen LogP contribution in [0.1, 0.15) is 37.3 Å². The van der Waals surface area contributed by atoms with Crippen molar-refractivity contribution in [2.45, 2.75) is 37.8 Å². The van der Waals surface area contributed by atoms with Gasteiger partial charge in [-0.05, 0) is 43.4 Å². The lowest BCUT2D eigenvalue weighted by Crippen LogP contribution is -2.37. The van der Waals surface area contributed by atoms with Crippen LogP contribution in [0.25, 0.3) is 0 Å². The Kier molecular flexibility index (Phi) is 6.03. The molecular formula is C16H22ClNO3. The lowest BCUT2D eigenvalue weighted by atomic mass is 10.0. The lowest BCUT2D eigenvalue weighted by molar-refractivity contribution is -0.128. The SMILES string of the molecule is COCCC(NC(=O)C1CCCC1O)c1ccc(Cl)cc1. The summed E-state index contributed by atoms with van der Waals surface area (Å²) in [7, 11) is 1.64. The molecule has 0 saturated heterocycles. The van der Waals surface area contributed by atoms with Gasteiger partial charge < -0.3 is 15.2 Å². The Bertz CT molecular complexity index is 463. The number of methoxy groups -OCH3 is 1. The fourth-order valence-electron chi connectivity index (χ4n) is 2.78. The Morgan fingerprint density at radius 3 is 2.71 bits per heavy atom. The van der Waals surface area contributed by atoms with Crippen LogP contribution in [-0.4, -0.2) is 30.8 Å². The van der Waals surface area contributed by atoms with E-state index in [9.17, 15) is 9.90 Å². The maximum atomic E-state index is 12.3. The van der Waals surface area contributed by atoms with Crippen LogP contribution in [0.2, 0.25) is 5.02 Å². The van der Waals surface area contributed by atoms with E-state index in [1.807, 2.05) is 24.3 Å². The molecule has 21 heavy (non-hydrogen) atoms. The van der Waals surface area contributed by atoms with Gasteiger partial charge in [-0.2, -0.15) is 0 Å². The van der Waals surface area contributed by atoms with Crippen molar-refractivity contribution in [3.8, 4) is 0 Å². The summed E-state index contributed by atoms with van der Waals surface area (Å²) in [6.07, 6.45) is 2.54. The molecule has 0 aliphatic heterocycles. The Morgan fingerprint density at radius 1 is 1.43 bits per heavy atom. The average molecular weight is 312 g/mol. The van der Waals surface area contributed by atoms with Crippen LogP contribution < -0.4 is 5.32 Å². The van der Waals surface area contributed by atoms with Crippen molar-refractivity contribution in [2.75, 3.05) is 13.7 Å². The summed E-state index contributed by atoms with van der Waals surface area (Å²) in [5, 5.41) is 13.6. The van der Waals surface area contributed by atoms with Crippen molar-refractivity contribution in [3.05, 3.63) is 34.9 Å². The number of aliphatic hydroxyl groups excluding tert-OH is 1. The molecule has 1 saturated carbocycles. The quantitative estimate of drug-likeness (QED) is 0.849. The van der Waals surface area contributed by atoms with Gasteiger partial charge in [-0.3, -0.25) is 4.79 Å². The Balaban J connectivity index is 2.05. The highest BCUT2D eigenvalue weighted by molar-refractivity contribution is 6.30. The second kappa shape index (κ2) is 7.78. The number of carbonyl (C=O) groups is 1. The number of hydrogen-bond donors (Lipinski definition) is 2. The first-order valence-electron chi connectivity index (χ1n) is 7.34. The van der Waals surface area contributed by atoms with E-state index in [2.05, 4.69) is 5.32 Å². The number of amides is 1. The van der Waals surface area contributed by atoms with Gasteiger partial charge in [-0.25, -0.2) is 0 Å². The van der Waals surface area contributed by atoms with Crippen molar-refractivity contribution >= 4 is 17.5 Å². The number of benzene rings is 1. The standard InChI is InChI=1S/C16H22ClNO3/c1-21-10-9-14(11-5-7-12(17)8-6-11)18-16(20)13-3-2-4-15(13)19/h5-8,13-15,19H,2-4,9-10H2,1H3,(H,18,20). The smallest absolute Gasteiger partial charge is 0.226 e. The number of ether oxygens (including phenoxy) is 1. The molecule has 4 nitrogen and oxygen atoms in total. The normalized spacial score (nSPS) is 23.0. The number of nitrogens with one attached hydrogen (secondary N) is 1. The number of carbonyl (C=O) groups excluding carboxylic acids is 1. The third-order valence-electron chi connectivity index (χ3n) is 4.02. The molecule has 1 aliphatic rings.